The Hall–Kier alpha value is -1.89. The predicted molar refractivity (Wildman–Crippen MR) is 79.2 cm³/mol. The maximum atomic E-state index is 5.74. The summed E-state index contributed by atoms with van der Waals surface area (Å²) < 4.78 is 3.64. The van der Waals surface area contributed by atoms with E-state index in [-0.39, 0.29) is 0 Å². The van der Waals surface area contributed by atoms with Crippen LogP contribution in [0.2, 0.25) is 0 Å². The van der Waals surface area contributed by atoms with E-state index in [1.165, 1.54) is 5.69 Å². The van der Waals surface area contributed by atoms with Gasteiger partial charge in [-0.1, -0.05) is 12.2 Å². The zero-order chi connectivity index (χ0) is 14.0. The van der Waals surface area contributed by atoms with E-state index in [1.807, 2.05) is 31.8 Å². The summed E-state index contributed by atoms with van der Waals surface area (Å²) in [5.74, 6) is 0.868. The van der Waals surface area contributed by atoms with Gasteiger partial charge in [0.15, 0.2) is 0 Å². The molecule has 7 heteroatoms. The van der Waals surface area contributed by atoms with E-state index in [2.05, 4.69) is 15.5 Å². The van der Waals surface area contributed by atoms with Crippen LogP contribution in [0.5, 0.6) is 0 Å². The molecular formula is C12H18N6S. The second kappa shape index (κ2) is 5.40. The number of rotatable bonds is 5. The number of aryl methyl sites for hydroxylation is 3. The molecule has 0 spiro atoms. The van der Waals surface area contributed by atoms with Gasteiger partial charge in [0.25, 0.3) is 0 Å². The smallest absolute Gasteiger partial charge is 0.134 e. The van der Waals surface area contributed by atoms with Gasteiger partial charge in [-0.25, -0.2) is 0 Å². The molecule has 0 saturated carbocycles. The highest BCUT2D eigenvalue weighted by atomic mass is 32.1. The molecule has 2 heterocycles. The van der Waals surface area contributed by atoms with Gasteiger partial charge in [0.05, 0.1) is 11.3 Å². The van der Waals surface area contributed by atoms with Crippen molar-refractivity contribution < 1.29 is 0 Å². The second-order valence-corrected chi connectivity index (χ2v) is 4.86. The van der Waals surface area contributed by atoms with Gasteiger partial charge < -0.3 is 11.1 Å². The van der Waals surface area contributed by atoms with Crippen molar-refractivity contribution in [1.82, 2.24) is 19.6 Å². The van der Waals surface area contributed by atoms with Crippen molar-refractivity contribution in [2.45, 2.75) is 13.3 Å². The summed E-state index contributed by atoms with van der Waals surface area (Å²) in [5, 5.41) is 11.8. The lowest BCUT2D eigenvalue weighted by Gasteiger charge is -2.09. The molecule has 0 amide bonds. The number of hydrogen-bond donors (Lipinski definition) is 2. The molecule has 102 valence electrons. The van der Waals surface area contributed by atoms with Crippen molar-refractivity contribution in [3.63, 3.8) is 0 Å². The molecule has 6 nitrogen and oxygen atoms in total. The highest BCUT2D eigenvalue weighted by Crippen LogP contribution is 2.18. The van der Waals surface area contributed by atoms with Gasteiger partial charge in [-0.2, -0.15) is 10.2 Å². The third-order valence-electron chi connectivity index (χ3n) is 3.06. The van der Waals surface area contributed by atoms with Crippen molar-refractivity contribution in [3.05, 3.63) is 29.2 Å². The molecule has 0 bridgehead atoms. The molecule has 0 radical (unpaired) electrons. The van der Waals surface area contributed by atoms with E-state index >= 15 is 0 Å². The Labute approximate surface area is 117 Å². The fourth-order valence-electron chi connectivity index (χ4n) is 2.11. The predicted octanol–water partition coefficient (Wildman–Crippen LogP) is 0.751. The van der Waals surface area contributed by atoms with E-state index in [1.54, 1.807) is 10.9 Å². The van der Waals surface area contributed by atoms with Gasteiger partial charge in [-0.05, 0) is 13.0 Å². The number of nitrogens with one attached hydrogen (secondary N) is 1. The molecule has 2 aromatic rings. The normalized spacial score (nSPS) is 10.7. The fraction of sp³-hybridized carbons (Fsp3) is 0.417. The van der Waals surface area contributed by atoms with Crippen molar-refractivity contribution >= 4 is 23.0 Å². The first-order valence-corrected chi connectivity index (χ1v) is 6.45. The van der Waals surface area contributed by atoms with Gasteiger partial charge in [-0.3, -0.25) is 9.36 Å². The topological polar surface area (TPSA) is 73.7 Å². The van der Waals surface area contributed by atoms with E-state index < -0.39 is 0 Å². The van der Waals surface area contributed by atoms with Gasteiger partial charge in [0, 0.05) is 39.0 Å². The van der Waals surface area contributed by atoms with E-state index in [9.17, 15) is 0 Å². The van der Waals surface area contributed by atoms with Crippen molar-refractivity contribution in [3.8, 4) is 0 Å². The Bertz CT molecular complexity index is 597. The first-order valence-electron chi connectivity index (χ1n) is 6.05. The molecule has 19 heavy (non-hydrogen) atoms. The number of hydrogen-bond acceptors (Lipinski definition) is 4. The van der Waals surface area contributed by atoms with Crippen LogP contribution in [-0.4, -0.2) is 31.1 Å². The average molecular weight is 278 g/mol. The van der Waals surface area contributed by atoms with E-state index in [0.717, 1.165) is 30.0 Å². The molecule has 3 N–H and O–H groups in total. The van der Waals surface area contributed by atoms with Gasteiger partial charge >= 0.3 is 0 Å². The van der Waals surface area contributed by atoms with Gasteiger partial charge in [0.1, 0.15) is 10.8 Å². The van der Waals surface area contributed by atoms with Crippen molar-refractivity contribution in [1.29, 1.82) is 0 Å². The Morgan fingerprint density at radius 2 is 2.16 bits per heavy atom. The molecular weight excluding hydrogens is 260 g/mol. The molecule has 0 fully saturated rings. The SMILES string of the molecule is Cc1nn(C)c(NCCc2ccnn2C)c1C(N)=S. The van der Waals surface area contributed by atoms with E-state index in [0.29, 0.717) is 4.99 Å². The summed E-state index contributed by atoms with van der Waals surface area (Å²) in [6, 6.07) is 2.00. The van der Waals surface area contributed by atoms with Crippen LogP contribution in [0.15, 0.2) is 12.3 Å². The lowest BCUT2D eigenvalue weighted by atomic mass is 10.2. The lowest BCUT2D eigenvalue weighted by Crippen LogP contribution is -2.16. The van der Waals surface area contributed by atoms with Crippen LogP contribution in [-0.2, 0) is 20.5 Å². The highest BCUT2D eigenvalue weighted by Gasteiger charge is 2.15. The molecule has 0 aliphatic rings. The minimum atomic E-state index is 0.369. The maximum absolute atomic E-state index is 5.74. The third kappa shape index (κ3) is 2.76. The van der Waals surface area contributed by atoms with Crippen LogP contribution in [0, 0.1) is 6.92 Å². The van der Waals surface area contributed by atoms with Crippen LogP contribution in [0.1, 0.15) is 17.0 Å². The van der Waals surface area contributed by atoms with Crippen LogP contribution < -0.4 is 11.1 Å². The monoisotopic (exact) mass is 278 g/mol. The molecule has 2 aromatic heterocycles. The average Bonchev–Trinajstić information content (AvgIpc) is 2.84. The first-order chi connectivity index (χ1) is 9.00. The molecule has 0 aliphatic carbocycles. The summed E-state index contributed by atoms with van der Waals surface area (Å²) in [6.45, 7) is 2.68. The zero-order valence-corrected chi connectivity index (χ0v) is 12.2. The Morgan fingerprint density at radius 3 is 2.74 bits per heavy atom. The molecule has 0 aliphatic heterocycles. The Morgan fingerprint density at radius 1 is 1.42 bits per heavy atom. The number of aromatic nitrogens is 4. The van der Waals surface area contributed by atoms with Crippen molar-refractivity contribution in [2.75, 3.05) is 11.9 Å². The Kier molecular flexibility index (Phi) is 3.84. The number of nitrogens with two attached hydrogens (primary N) is 1. The Balaban J connectivity index is 2.08. The fourth-order valence-corrected chi connectivity index (χ4v) is 2.36. The summed E-state index contributed by atoms with van der Waals surface area (Å²) >= 11 is 5.07. The minimum absolute atomic E-state index is 0.369. The molecule has 0 saturated heterocycles. The highest BCUT2D eigenvalue weighted by molar-refractivity contribution is 7.80. The molecule has 0 atom stereocenters. The number of nitrogens with zero attached hydrogens (tertiary/aromatic N) is 4. The minimum Gasteiger partial charge on any atom is -0.389 e. The second-order valence-electron chi connectivity index (χ2n) is 4.42. The summed E-state index contributed by atoms with van der Waals surface area (Å²) in [5.41, 5.74) is 8.58. The quantitative estimate of drug-likeness (QED) is 0.790. The van der Waals surface area contributed by atoms with Crippen LogP contribution in [0.4, 0.5) is 5.82 Å². The van der Waals surface area contributed by atoms with E-state index in [4.69, 9.17) is 18.0 Å². The van der Waals surface area contributed by atoms with Crippen LogP contribution >= 0.6 is 12.2 Å². The lowest BCUT2D eigenvalue weighted by molar-refractivity contribution is 0.707. The summed E-state index contributed by atoms with van der Waals surface area (Å²) in [6.07, 6.45) is 2.67. The number of thiocarbonyl (C=S) groups is 1. The molecule has 0 aromatic carbocycles. The van der Waals surface area contributed by atoms with Crippen LogP contribution in [0.25, 0.3) is 0 Å². The summed E-state index contributed by atoms with van der Waals surface area (Å²) in [7, 11) is 3.81. The maximum Gasteiger partial charge on any atom is 0.134 e. The molecule has 2 rings (SSSR count). The standard InChI is InChI=1S/C12H18N6S/c1-8-10(11(13)19)12(18(3)16-8)14-6-4-9-5-7-15-17(9)2/h5,7,14H,4,6H2,1-3H3,(H2,13,19). The first kappa shape index (κ1) is 13.5. The van der Waals surface area contributed by atoms with Crippen LogP contribution in [0.3, 0.4) is 0 Å². The summed E-state index contributed by atoms with van der Waals surface area (Å²) in [4.78, 5) is 0.369. The van der Waals surface area contributed by atoms with Crippen molar-refractivity contribution in [2.24, 2.45) is 19.8 Å². The van der Waals surface area contributed by atoms with Gasteiger partial charge in [0.2, 0.25) is 0 Å². The van der Waals surface area contributed by atoms with Gasteiger partial charge in [-0.15, -0.1) is 0 Å². The largest absolute Gasteiger partial charge is 0.389 e. The molecule has 0 unspecified atom stereocenters. The zero-order valence-electron chi connectivity index (χ0n) is 11.3. The number of anilines is 1. The third-order valence-corrected chi connectivity index (χ3v) is 3.27.